The molecule has 0 unspecified atom stereocenters. The van der Waals surface area contributed by atoms with E-state index in [1.54, 1.807) is 18.6 Å². The average molecular weight is 375 g/mol. The van der Waals surface area contributed by atoms with Gasteiger partial charge >= 0.3 is 6.18 Å². The van der Waals surface area contributed by atoms with Gasteiger partial charge in [0.25, 0.3) is 0 Å². The molecule has 3 aromatic rings. The van der Waals surface area contributed by atoms with Gasteiger partial charge in [0.1, 0.15) is 11.6 Å². The average Bonchev–Trinajstić information content (AvgIpc) is 3.11. The van der Waals surface area contributed by atoms with Gasteiger partial charge in [-0.3, -0.25) is 4.90 Å². The van der Waals surface area contributed by atoms with Crippen LogP contribution in [0.5, 0.6) is 0 Å². The molecule has 3 aromatic heterocycles. The summed E-state index contributed by atoms with van der Waals surface area (Å²) in [4.78, 5) is 21.9. The van der Waals surface area contributed by atoms with Crippen molar-refractivity contribution in [2.75, 3.05) is 18.4 Å². The molecule has 1 saturated heterocycles. The zero-order chi connectivity index (χ0) is 18.9. The molecule has 0 amide bonds. The smallest absolute Gasteiger partial charge is 0.348 e. The van der Waals surface area contributed by atoms with E-state index in [0.29, 0.717) is 0 Å². The van der Waals surface area contributed by atoms with E-state index in [2.05, 4.69) is 35.1 Å². The van der Waals surface area contributed by atoms with Gasteiger partial charge in [-0.1, -0.05) is 0 Å². The minimum absolute atomic E-state index is 0.0510. The lowest BCUT2D eigenvalue weighted by Gasteiger charge is -2.38. The van der Waals surface area contributed by atoms with E-state index in [-0.39, 0.29) is 17.7 Å². The fourth-order valence-electron chi connectivity index (χ4n) is 2.93. The summed E-state index contributed by atoms with van der Waals surface area (Å²) in [6, 6.07) is 3.68. The highest BCUT2D eigenvalue weighted by Gasteiger charge is 2.31. The van der Waals surface area contributed by atoms with E-state index in [0.717, 1.165) is 49.5 Å². The van der Waals surface area contributed by atoms with Crippen molar-refractivity contribution in [3.05, 3.63) is 60.1 Å². The van der Waals surface area contributed by atoms with Gasteiger partial charge in [-0.15, -0.1) is 0 Å². The third-order valence-corrected chi connectivity index (χ3v) is 4.31. The molecule has 0 saturated carbocycles. The quantitative estimate of drug-likeness (QED) is 0.714. The number of likely N-dealkylation sites (tertiary alicyclic amines) is 1. The highest BCUT2D eigenvalue weighted by molar-refractivity contribution is 5.49. The van der Waals surface area contributed by atoms with Gasteiger partial charge in [-0.25, -0.2) is 19.9 Å². The maximum atomic E-state index is 12.8. The maximum absolute atomic E-state index is 12.8. The number of pyridine rings is 1. The van der Waals surface area contributed by atoms with E-state index >= 15 is 0 Å². The van der Waals surface area contributed by atoms with Crippen LogP contribution in [0.3, 0.4) is 0 Å². The van der Waals surface area contributed by atoms with Gasteiger partial charge in [0.05, 0.1) is 17.8 Å². The number of hydrogen-bond donors (Lipinski definition) is 2. The number of aromatic amines is 1. The first-order valence-electron chi connectivity index (χ1n) is 8.31. The molecule has 2 N–H and O–H groups in total. The largest absolute Gasteiger partial charge is 0.416 e. The number of hydrogen-bond acceptors (Lipinski definition) is 6. The number of imidazole rings is 1. The molecular weight excluding hydrogens is 359 g/mol. The lowest BCUT2D eigenvalue weighted by atomic mass is 9.96. The number of alkyl halides is 3. The van der Waals surface area contributed by atoms with E-state index in [1.807, 2.05) is 6.07 Å². The number of halogens is 3. The van der Waals surface area contributed by atoms with Crippen LogP contribution in [0.4, 0.5) is 24.9 Å². The summed E-state index contributed by atoms with van der Waals surface area (Å²) >= 11 is 0. The summed E-state index contributed by atoms with van der Waals surface area (Å²) in [7, 11) is 0. The molecule has 1 fully saturated rings. The monoisotopic (exact) mass is 375 g/mol. The summed E-state index contributed by atoms with van der Waals surface area (Å²) in [6.45, 7) is 2.41. The molecule has 4 rings (SSSR count). The Balaban J connectivity index is 1.40. The van der Waals surface area contributed by atoms with Crippen LogP contribution in [0.15, 0.2) is 43.0 Å². The lowest BCUT2D eigenvalue weighted by molar-refractivity contribution is -0.137. The minimum atomic E-state index is -4.43. The van der Waals surface area contributed by atoms with E-state index in [1.165, 1.54) is 0 Å². The molecule has 1 aliphatic rings. The van der Waals surface area contributed by atoms with Crippen LogP contribution in [-0.2, 0) is 12.7 Å². The normalized spacial score (nSPS) is 15.5. The summed E-state index contributed by atoms with van der Waals surface area (Å²) in [5.41, 5.74) is 0.0684. The van der Waals surface area contributed by atoms with Crippen molar-refractivity contribution in [2.24, 2.45) is 0 Å². The Bertz CT molecular complexity index is 905. The van der Waals surface area contributed by atoms with E-state index < -0.39 is 11.7 Å². The molecule has 1 aliphatic heterocycles. The van der Waals surface area contributed by atoms with Gasteiger partial charge in [-0.2, -0.15) is 13.2 Å². The first-order valence-corrected chi connectivity index (χ1v) is 8.31. The Morgan fingerprint density at radius 3 is 2.67 bits per heavy atom. The zero-order valence-corrected chi connectivity index (χ0v) is 14.1. The highest BCUT2D eigenvalue weighted by atomic mass is 19.4. The van der Waals surface area contributed by atoms with E-state index in [9.17, 15) is 13.2 Å². The number of nitrogens with zero attached hydrogens (tertiary/aromatic N) is 5. The van der Waals surface area contributed by atoms with Crippen molar-refractivity contribution in [1.29, 1.82) is 0 Å². The summed E-state index contributed by atoms with van der Waals surface area (Å²) < 4.78 is 38.4. The third-order valence-electron chi connectivity index (χ3n) is 4.31. The van der Waals surface area contributed by atoms with Crippen molar-refractivity contribution >= 4 is 11.8 Å². The molecule has 0 spiro atoms. The van der Waals surface area contributed by atoms with Crippen molar-refractivity contribution in [2.45, 2.75) is 18.6 Å². The number of aromatic nitrogens is 5. The Hall–Kier alpha value is -3.01. The molecule has 0 radical (unpaired) electrons. The van der Waals surface area contributed by atoms with Gasteiger partial charge in [0, 0.05) is 43.8 Å². The second-order valence-electron chi connectivity index (χ2n) is 6.28. The predicted octanol–water partition coefficient (Wildman–Crippen LogP) is 2.96. The number of anilines is 2. The van der Waals surface area contributed by atoms with Crippen molar-refractivity contribution in [3.8, 4) is 0 Å². The van der Waals surface area contributed by atoms with Crippen LogP contribution in [-0.4, -0.2) is 42.9 Å². The van der Waals surface area contributed by atoms with Crippen LogP contribution in [0, 0.1) is 0 Å². The first kappa shape index (κ1) is 17.4. The van der Waals surface area contributed by atoms with Crippen molar-refractivity contribution < 1.29 is 13.2 Å². The van der Waals surface area contributed by atoms with Gasteiger partial charge in [0.2, 0.25) is 5.95 Å². The number of rotatable bonds is 5. The Morgan fingerprint density at radius 2 is 1.93 bits per heavy atom. The minimum Gasteiger partial charge on any atom is -0.348 e. The molecule has 10 heteroatoms. The van der Waals surface area contributed by atoms with Crippen LogP contribution in [0.1, 0.15) is 23.0 Å². The van der Waals surface area contributed by atoms with Crippen molar-refractivity contribution in [1.82, 2.24) is 29.8 Å². The van der Waals surface area contributed by atoms with Crippen molar-refractivity contribution in [3.63, 3.8) is 0 Å². The standard InChI is InChI=1S/C17H16F3N7/c18-17(19,20)12-1-3-21-14(7-12)26-16-24-4-2-13(25-16)11-8-27(9-11)10-15-22-5-6-23-15/h1-7,11H,8-10H2,(H,22,23)(H,21,24,25,26). The van der Waals surface area contributed by atoms with Gasteiger partial charge < -0.3 is 10.3 Å². The SMILES string of the molecule is FC(F)(F)c1ccnc(Nc2nccc(C3CN(Cc4ncc[nH]4)C3)n2)c1. The van der Waals surface area contributed by atoms with Crippen LogP contribution in [0.2, 0.25) is 0 Å². The highest BCUT2D eigenvalue weighted by Crippen LogP contribution is 2.31. The molecule has 27 heavy (non-hydrogen) atoms. The first-order chi connectivity index (χ1) is 13.0. The Labute approximate surface area is 152 Å². The zero-order valence-electron chi connectivity index (χ0n) is 14.1. The second-order valence-corrected chi connectivity index (χ2v) is 6.28. The molecule has 0 bridgehead atoms. The fraction of sp³-hybridized carbons (Fsp3) is 0.294. The Morgan fingerprint density at radius 1 is 1.11 bits per heavy atom. The van der Waals surface area contributed by atoms with Gasteiger partial charge in [0.15, 0.2) is 0 Å². The van der Waals surface area contributed by atoms with E-state index in [4.69, 9.17) is 0 Å². The fourth-order valence-corrected chi connectivity index (χ4v) is 2.93. The molecule has 0 aliphatic carbocycles. The molecule has 0 atom stereocenters. The summed E-state index contributed by atoms with van der Waals surface area (Å²) in [5, 5.41) is 2.75. The molecular formula is C17H16F3N7. The third kappa shape index (κ3) is 4.05. The van der Waals surface area contributed by atoms with Crippen LogP contribution < -0.4 is 5.32 Å². The lowest BCUT2D eigenvalue weighted by Crippen LogP contribution is -2.44. The van der Waals surface area contributed by atoms with Gasteiger partial charge in [-0.05, 0) is 18.2 Å². The number of nitrogens with one attached hydrogen (secondary N) is 2. The van der Waals surface area contributed by atoms with Crippen LogP contribution in [0.25, 0.3) is 0 Å². The maximum Gasteiger partial charge on any atom is 0.416 e. The second kappa shape index (κ2) is 6.95. The molecule has 140 valence electrons. The van der Waals surface area contributed by atoms with Crippen LogP contribution >= 0.6 is 0 Å². The topological polar surface area (TPSA) is 82.6 Å². The molecule has 7 nitrogen and oxygen atoms in total. The molecule has 0 aromatic carbocycles. The Kier molecular flexibility index (Phi) is 4.48. The summed E-state index contributed by atoms with van der Waals surface area (Å²) in [6.07, 6.45) is 1.78. The predicted molar refractivity (Wildman–Crippen MR) is 91.2 cm³/mol. The summed E-state index contributed by atoms with van der Waals surface area (Å²) in [5.74, 6) is 1.44. The molecule has 4 heterocycles. The number of H-pyrrole nitrogens is 1.